The summed E-state index contributed by atoms with van der Waals surface area (Å²) >= 11 is 20.0. The lowest BCUT2D eigenvalue weighted by Crippen LogP contribution is -2.00. The maximum atomic E-state index is 6.55. The molecule has 0 spiro atoms. The monoisotopic (exact) mass is 334 g/mol. The molecule has 1 aromatic carbocycles. The third-order valence-electron chi connectivity index (χ3n) is 2.69. The summed E-state index contributed by atoms with van der Waals surface area (Å²) in [6.07, 6.45) is 0. The zero-order valence-corrected chi connectivity index (χ0v) is 13.6. The Labute approximate surface area is 132 Å². The van der Waals surface area contributed by atoms with Crippen LogP contribution in [0.15, 0.2) is 24.3 Å². The quantitative estimate of drug-likeness (QED) is 0.614. The van der Waals surface area contributed by atoms with Crippen LogP contribution in [-0.4, -0.2) is 6.61 Å². The van der Waals surface area contributed by atoms with Crippen molar-refractivity contribution < 1.29 is 4.74 Å². The van der Waals surface area contributed by atoms with E-state index in [9.17, 15) is 0 Å². The number of benzene rings is 1. The number of rotatable bonds is 4. The normalized spacial score (nSPS) is 12.5. The molecule has 0 N–H and O–H groups in total. The summed E-state index contributed by atoms with van der Waals surface area (Å²) < 4.78 is 6.88. The summed E-state index contributed by atoms with van der Waals surface area (Å²) in [5, 5.41) is -0.363. The topological polar surface area (TPSA) is 9.23 Å². The first-order valence-electron chi connectivity index (χ1n) is 5.85. The Kier molecular flexibility index (Phi) is 5.02. The standard InChI is InChI=1S/C14H13Cl3OS/c1-3-18-11-5-4-8(2)6-9(11)13(16)10-7-12(15)19-14(10)17/h4-7,13H,3H2,1-2H3. The molecule has 1 atom stereocenters. The summed E-state index contributed by atoms with van der Waals surface area (Å²) in [6, 6.07) is 7.76. The van der Waals surface area contributed by atoms with Crippen LogP contribution in [0.4, 0.5) is 0 Å². The van der Waals surface area contributed by atoms with E-state index >= 15 is 0 Å². The Balaban J connectivity index is 2.45. The molecule has 2 aromatic rings. The first kappa shape index (κ1) is 15.0. The van der Waals surface area contributed by atoms with Gasteiger partial charge in [0.1, 0.15) is 5.75 Å². The highest BCUT2D eigenvalue weighted by Gasteiger charge is 2.20. The maximum absolute atomic E-state index is 6.55. The average Bonchev–Trinajstić information content (AvgIpc) is 2.70. The van der Waals surface area contributed by atoms with Gasteiger partial charge in [0.25, 0.3) is 0 Å². The molecule has 0 aliphatic heterocycles. The summed E-state index contributed by atoms with van der Waals surface area (Å²) in [7, 11) is 0. The van der Waals surface area contributed by atoms with Crippen molar-refractivity contribution in [3.05, 3.63) is 49.6 Å². The van der Waals surface area contributed by atoms with Gasteiger partial charge in [0.2, 0.25) is 0 Å². The minimum absolute atomic E-state index is 0.363. The lowest BCUT2D eigenvalue weighted by atomic mass is 10.0. The average molecular weight is 336 g/mol. The summed E-state index contributed by atoms with van der Waals surface area (Å²) in [5.74, 6) is 0.784. The molecule has 0 fully saturated rings. The SMILES string of the molecule is CCOc1ccc(C)cc1C(Cl)c1cc(Cl)sc1Cl. The molecular weight excluding hydrogens is 323 g/mol. The smallest absolute Gasteiger partial charge is 0.124 e. The molecular formula is C14H13Cl3OS. The number of hydrogen-bond acceptors (Lipinski definition) is 2. The highest BCUT2D eigenvalue weighted by molar-refractivity contribution is 7.20. The lowest BCUT2D eigenvalue weighted by molar-refractivity contribution is 0.337. The van der Waals surface area contributed by atoms with Crippen LogP contribution < -0.4 is 4.74 Å². The highest BCUT2D eigenvalue weighted by atomic mass is 35.5. The van der Waals surface area contributed by atoms with Crippen molar-refractivity contribution in [3.63, 3.8) is 0 Å². The molecule has 0 aliphatic rings. The molecule has 1 nitrogen and oxygen atoms in total. The fourth-order valence-corrected chi connectivity index (χ4v) is 3.84. The number of aryl methyl sites for hydroxylation is 1. The second-order valence-corrected chi connectivity index (χ2v) is 6.84. The van der Waals surface area contributed by atoms with Gasteiger partial charge >= 0.3 is 0 Å². The molecule has 1 heterocycles. The number of halogens is 3. The third-order valence-corrected chi connectivity index (χ3v) is 4.68. The number of ether oxygens (including phenoxy) is 1. The van der Waals surface area contributed by atoms with Crippen LogP contribution in [0.1, 0.15) is 29.0 Å². The minimum atomic E-state index is -0.363. The van der Waals surface area contributed by atoms with Crippen LogP contribution >= 0.6 is 46.1 Å². The van der Waals surface area contributed by atoms with Gasteiger partial charge in [-0.15, -0.1) is 22.9 Å². The molecule has 0 radical (unpaired) electrons. The van der Waals surface area contributed by atoms with E-state index in [0.717, 1.165) is 22.4 Å². The minimum Gasteiger partial charge on any atom is -0.494 e. The van der Waals surface area contributed by atoms with Crippen LogP contribution in [0, 0.1) is 6.92 Å². The van der Waals surface area contributed by atoms with Crippen LogP contribution in [0.5, 0.6) is 5.75 Å². The van der Waals surface area contributed by atoms with Gasteiger partial charge in [0, 0.05) is 11.1 Å². The molecule has 2 rings (SSSR count). The Morgan fingerprint density at radius 3 is 2.53 bits per heavy atom. The Bertz CT molecular complexity index is 580. The van der Waals surface area contributed by atoms with E-state index in [1.165, 1.54) is 11.3 Å². The van der Waals surface area contributed by atoms with Gasteiger partial charge in [-0.3, -0.25) is 0 Å². The van der Waals surface area contributed by atoms with Gasteiger partial charge in [0.15, 0.2) is 0 Å². The molecule has 0 bridgehead atoms. The summed E-state index contributed by atoms with van der Waals surface area (Å²) in [4.78, 5) is 0. The van der Waals surface area contributed by atoms with Crippen molar-refractivity contribution in [2.75, 3.05) is 6.61 Å². The van der Waals surface area contributed by atoms with Gasteiger partial charge < -0.3 is 4.74 Å². The van der Waals surface area contributed by atoms with E-state index in [0.29, 0.717) is 15.3 Å². The zero-order valence-electron chi connectivity index (χ0n) is 10.5. The van der Waals surface area contributed by atoms with Gasteiger partial charge in [-0.1, -0.05) is 40.9 Å². The van der Waals surface area contributed by atoms with Gasteiger partial charge in [-0.25, -0.2) is 0 Å². The predicted octanol–water partition coefficient (Wildman–Crippen LogP) is 6.09. The van der Waals surface area contributed by atoms with Crippen molar-refractivity contribution in [3.8, 4) is 5.75 Å². The van der Waals surface area contributed by atoms with E-state index in [4.69, 9.17) is 39.5 Å². The Hall–Kier alpha value is -0.410. The fraction of sp³-hybridized carbons (Fsp3) is 0.286. The molecule has 0 amide bonds. The van der Waals surface area contributed by atoms with E-state index in [1.807, 2.05) is 38.1 Å². The number of hydrogen-bond donors (Lipinski definition) is 0. The van der Waals surface area contributed by atoms with Crippen LogP contribution in [0.2, 0.25) is 8.67 Å². The van der Waals surface area contributed by atoms with Crippen LogP contribution in [-0.2, 0) is 0 Å². The van der Waals surface area contributed by atoms with Crippen molar-refractivity contribution in [2.45, 2.75) is 19.2 Å². The van der Waals surface area contributed by atoms with E-state index in [1.54, 1.807) is 0 Å². The first-order valence-corrected chi connectivity index (χ1v) is 7.86. The summed E-state index contributed by atoms with van der Waals surface area (Å²) in [5.41, 5.74) is 2.87. The van der Waals surface area contributed by atoms with E-state index in [2.05, 4.69) is 0 Å². The summed E-state index contributed by atoms with van der Waals surface area (Å²) in [6.45, 7) is 4.56. The van der Waals surface area contributed by atoms with Crippen molar-refractivity contribution >= 4 is 46.1 Å². The van der Waals surface area contributed by atoms with Crippen LogP contribution in [0.25, 0.3) is 0 Å². The first-order chi connectivity index (χ1) is 9.02. The van der Waals surface area contributed by atoms with Crippen molar-refractivity contribution in [2.24, 2.45) is 0 Å². The predicted molar refractivity (Wildman–Crippen MR) is 84.4 cm³/mol. The molecule has 5 heteroatoms. The highest BCUT2D eigenvalue weighted by Crippen LogP contribution is 2.43. The Morgan fingerprint density at radius 2 is 1.95 bits per heavy atom. The second-order valence-electron chi connectivity index (χ2n) is 4.12. The molecule has 102 valence electrons. The molecule has 0 aliphatic carbocycles. The maximum Gasteiger partial charge on any atom is 0.124 e. The van der Waals surface area contributed by atoms with Crippen molar-refractivity contribution in [1.82, 2.24) is 0 Å². The second kappa shape index (κ2) is 6.36. The van der Waals surface area contributed by atoms with Gasteiger partial charge in [-0.2, -0.15) is 0 Å². The van der Waals surface area contributed by atoms with Gasteiger partial charge in [-0.05, 0) is 26.0 Å². The van der Waals surface area contributed by atoms with Crippen LogP contribution in [0.3, 0.4) is 0 Å². The Morgan fingerprint density at radius 1 is 1.21 bits per heavy atom. The number of thiophene rings is 1. The van der Waals surface area contributed by atoms with Gasteiger partial charge in [0.05, 0.1) is 20.7 Å². The molecule has 0 saturated heterocycles. The number of alkyl halides is 1. The fourth-order valence-electron chi connectivity index (χ4n) is 1.85. The molecule has 1 unspecified atom stereocenters. The third kappa shape index (κ3) is 3.38. The van der Waals surface area contributed by atoms with E-state index in [-0.39, 0.29) is 5.38 Å². The molecule has 1 aromatic heterocycles. The van der Waals surface area contributed by atoms with Crippen molar-refractivity contribution in [1.29, 1.82) is 0 Å². The lowest BCUT2D eigenvalue weighted by Gasteiger charge is -2.15. The largest absolute Gasteiger partial charge is 0.494 e. The van der Waals surface area contributed by atoms with E-state index < -0.39 is 0 Å². The molecule has 0 saturated carbocycles. The zero-order chi connectivity index (χ0) is 14.0. The molecule has 19 heavy (non-hydrogen) atoms.